The van der Waals surface area contributed by atoms with E-state index in [0.717, 1.165) is 75.2 Å². The number of hydrogen-bond donors (Lipinski definition) is 2. The minimum absolute atomic E-state index is 0.0158. The molecule has 2 atom stereocenters. The molecule has 0 radical (unpaired) electrons. The molecule has 0 unspecified atom stereocenters. The Balaban J connectivity index is 1.44. The van der Waals surface area contributed by atoms with E-state index in [0.29, 0.717) is 60.2 Å². The summed E-state index contributed by atoms with van der Waals surface area (Å²) in [6.45, 7) is 12.3. The van der Waals surface area contributed by atoms with E-state index >= 15 is 0 Å². The van der Waals surface area contributed by atoms with Gasteiger partial charge in [0.15, 0.2) is 5.76 Å². The molecule has 2 N–H and O–H groups in total. The van der Waals surface area contributed by atoms with Crippen molar-refractivity contribution in [1.29, 1.82) is 0 Å². The third-order valence-electron chi connectivity index (χ3n) is 10.2. The maximum Gasteiger partial charge on any atom is 0.363 e. The minimum Gasteiger partial charge on any atom is -0.494 e. The zero-order chi connectivity index (χ0) is 42.6. The number of benzene rings is 2. The van der Waals surface area contributed by atoms with Crippen molar-refractivity contribution in [2.45, 2.75) is 111 Å². The molecule has 14 nitrogen and oxygen atoms in total. The van der Waals surface area contributed by atoms with Crippen LogP contribution in [0.15, 0.2) is 59.0 Å². The van der Waals surface area contributed by atoms with E-state index in [1.54, 1.807) is 42.5 Å². The monoisotopic (exact) mass is 838 g/mol. The van der Waals surface area contributed by atoms with Gasteiger partial charge >= 0.3 is 13.6 Å². The van der Waals surface area contributed by atoms with E-state index < -0.39 is 37.3 Å². The van der Waals surface area contributed by atoms with Gasteiger partial charge in [-0.2, -0.15) is 5.06 Å². The number of furan rings is 1. The highest BCUT2D eigenvalue weighted by Gasteiger charge is 2.34. The standard InChI is InChI=1S/C44H63N4O10P/c1-6-11-14-20-38(39(9-4)48(32-49)58-44(52)33-18-17-19-35(27-33)47-23-15-16-24-47)42(50)45-31-46-43(51)41-22-21-40(57-41)34-28-36(54-10-5)30-37(29-34)59(53,55-25-12-7-2)56-26-13-8-3/h17-19,21-22,27-30,32,38-39H,6-16,20,23-26,31H2,1-5H3,(H,45,50)(H,46,51)/t38-,39-/m1/s1. The Labute approximate surface area is 349 Å². The molecule has 0 spiro atoms. The highest BCUT2D eigenvalue weighted by Crippen LogP contribution is 2.49. The van der Waals surface area contributed by atoms with Crippen molar-refractivity contribution in [3.8, 4) is 17.1 Å². The van der Waals surface area contributed by atoms with Gasteiger partial charge in [-0.15, -0.1) is 0 Å². The smallest absolute Gasteiger partial charge is 0.363 e. The predicted octanol–water partition coefficient (Wildman–Crippen LogP) is 8.41. The Morgan fingerprint density at radius 3 is 2.24 bits per heavy atom. The maximum atomic E-state index is 14.1. The van der Waals surface area contributed by atoms with Crippen molar-refractivity contribution in [2.24, 2.45) is 5.92 Å². The van der Waals surface area contributed by atoms with Gasteiger partial charge in [-0.25, -0.2) is 4.79 Å². The van der Waals surface area contributed by atoms with E-state index in [1.807, 2.05) is 33.8 Å². The summed E-state index contributed by atoms with van der Waals surface area (Å²) >= 11 is 0. The van der Waals surface area contributed by atoms with Crippen LogP contribution in [0.4, 0.5) is 5.69 Å². The SMILES string of the molecule is CCCCC[C@@H](C(=O)NCNC(=O)c1ccc(-c2cc(OCC)cc(P(=O)(OCCCC)OCCCC)c2)o1)[C@@H](CC)N(C=O)OC(=O)c1cccc(N2CCCC2)c1. The second-order valence-electron chi connectivity index (χ2n) is 14.6. The van der Waals surface area contributed by atoms with Crippen molar-refractivity contribution in [3.05, 3.63) is 65.9 Å². The Morgan fingerprint density at radius 2 is 1.59 bits per heavy atom. The Hall–Kier alpha value is -4.65. The summed E-state index contributed by atoms with van der Waals surface area (Å²) in [5, 5.41) is 6.73. The topological polar surface area (TPSA) is 166 Å². The van der Waals surface area contributed by atoms with Crippen molar-refractivity contribution in [2.75, 3.05) is 44.5 Å². The van der Waals surface area contributed by atoms with Crippen molar-refractivity contribution in [3.63, 3.8) is 0 Å². The molecule has 4 rings (SSSR count). The molecule has 1 aliphatic heterocycles. The largest absolute Gasteiger partial charge is 0.494 e. The maximum absolute atomic E-state index is 14.1. The van der Waals surface area contributed by atoms with Crippen LogP contribution in [0.5, 0.6) is 5.75 Å². The first-order valence-electron chi connectivity index (χ1n) is 21.3. The number of nitrogens with zero attached hydrogens (tertiary/aromatic N) is 2. The average molecular weight is 839 g/mol. The fraction of sp³-hybridized carbons (Fsp3) is 0.545. The van der Waals surface area contributed by atoms with Gasteiger partial charge < -0.3 is 38.6 Å². The molecule has 1 saturated heterocycles. The zero-order valence-corrected chi connectivity index (χ0v) is 36.3. The lowest BCUT2D eigenvalue weighted by atomic mass is 9.90. The van der Waals surface area contributed by atoms with E-state index in [9.17, 15) is 23.7 Å². The quantitative estimate of drug-likeness (QED) is 0.0249. The molecule has 3 amide bonds. The van der Waals surface area contributed by atoms with Crippen molar-refractivity contribution < 1.29 is 46.8 Å². The van der Waals surface area contributed by atoms with Gasteiger partial charge in [0.05, 0.1) is 49.3 Å². The molecule has 0 saturated carbocycles. The summed E-state index contributed by atoms with van der Waals surface area (Å²) in [4.78, 5) is 60.6. The van der Waals surface area contributed by atoms with Crippen LogP contribution >= 0.6 is 7.60 Å². The third kappa shape index (κ3) is 13.7. The Kier molecular flexibility index (Phi) is 19.5. The number of carbonyl (C=O) groups is 4. The first-order chi connectivity index (χ1) is 28.6. The van der Waals surface area contributed by atoms with E-state index in [2.05, 4.69) is 22.5 Å². The lowest BCUT2D eigenvalue weighted by Gasteiger charge is -2.32. The molecule has 3 aromatic rings. The second-order valence-corrected chi connectivity index (χ2v) is 16.6. The zero-order valence-electron chi connectivity index (χ0n) is 35.4. The predicted molar refractivity (Wildman–Crippen MR) is 228 cm³/mol. The van der Waals surface area contributed by atoms with Gasteiger partial charge in [-0.1, -0.05) is 65.9 Å². The Bertz CT molecular complexity index is 1830. The minimum atomic E-state index is -3.72. The number of amides is 3. The van der Waals surface area contributed by atoms with Gasteiger partial charge in [0.1, 0.15) is 11.5 Å². The summed E-state index contributed by atoms with van der Waals surface area (Å²) < 4.78 is 37.6. The van der Waals surface area contributed by atoms with Crippen LogP contribution in [-0.4, -0.2) is 74.9 Å². The first kappa shape index (κ1) is 47.0. The second kappa shape index (κ2) is 24.4. The number of rotatable bonds is 27. The van der Waals surface area contributed by atoms with E-state index in [1.165, 1.54) is 6.07 Å². The first-order valence-corrected chi connectivity index (χ1v) is 22.8. The van der Waals surface area contributed by atoms with Gasteiger partial charge in [0.2, 0.25) is 12.3 Å². The molecule has 15 heteroatoms. The number of ether oxygens (including phenoxy) is 1. The normalized spacial score (nSPS) is 13.7. The molecule has 1 aliphatic rings. The summed E-state index contributed by atoms with van der Waals surface area (Å²) in [5.41, 5.74) is 1.73. The molecule has 0 aliphatic carbocycles. The van der Waals surface area contributed by atoms with Crippen molar-refractivity contribution in [1.82, 2.24) is 15.7 Å². The summed E-state index contributed by atoms with van der Waals surface area (Å²) in [6.07, 6.45) is 9.05. The van der Waals surface area contributed by atoms with Crippen LogP contribution in [0.2, 0.25) is 0 Å². The van der Waals surface area contributed by atoms with Crippen LogP contribution in [0.25, 0.3) is 11.3 Å². The fourth-order valence-electron chi connectivity index (χ4n) is 6.90. The lowest BCUT2D eigenvalue weighted by molar-refractivity contribution is -0.171. The number of anilines is 1. The van der Waals surface area contributed by atoms with Gasteiger partial charge in [0.25, 0.3) is 5.91 Å². The number of hydrogen-bond acceptors (Lipinski definition) is 11. The van der Waals surface area contributed by atoms with Gasteiger partial charge in [-0.3, -0.25) is 18.9 Å². The van der Waals surface area contributed by atoms with Crippen LogP contribution < -0.4 is 25.6 Å². The van der Waals surface area contributed by atoms with E-state index in [4.69, 9.17) is 23.0 Å². The Morgan fingerprint density at radius 1 is 0.881 bits per heavy atom. The average Bonchev–Trinajstić information content (AvgIpc) is 3.97. The summed E-state index contributed by atoms with van der Waals surface area (Å²) in [5.74, 6) is -1.65. The number of nitrogens with one attached hydrogen (secondary N) is 2. The summed E-state index contributed by atoms with van der Waals surface area (Å²) in [6, 6.07) is 14.6. The molecule has 59 heavy (non-hydrogen) atoms. The van der Waals surface area contributed by atoms with Gasteiger partial charge in [-0.05, 0) is 94.0 Å². The highest BCUT2D eigenvalue weighted by molar-refractivity contribution is 7.62. The molecule has 324 valence electrons. The van der Waals surface area contributed by atoms with Crippen LogP contribution in [0.3, 0.4) is 0 Å². The fourth-order valence-corrected chi connectivity index (χ4v) is 8.59. The van der Waals surface area contributed by atoms with Crippen LogP contribution in [0.1, 0.15) is 126 Å². The molecular formula is C44H63N4O10P. The molecule has 1 fully saturated rings. The number of unbranched alkanes of at least 4 members (excludes halogenated alkanes) is 4. The molecule has 2 aromatic carbocycles. The molecule has 0 bridgehead atoms. The highest BCUT2D eigenvalue weighted by atomic mass is 31.2. The molecule has 1 aromatic heterocycles. The third-order valence-corrected chi connectivity index (χ3v) is 12.1. The van der Waals surface area contributed by atoms with E-state index in [-0.39, 0.29) is 25.6 Å². The molecular weight excluding hydrogens is 775 g/mol. The molecule has 2 heterocycles. The van der Waals surface area contributed by atoms with Gasteiger partial charge in [0, 0.05) is 24.3 Å². The van der Waals surface area contributed by atoms with Crippen LogP contribution in [0, 0.1) is 5.92 Å². The lowest BCUT2D eigenvalue weighted by Crippen LogP contribution is -2.49. The number of carbonyl (C=O) groups excluding carboxylic acids is 4. The number of hydroxylamine groups is 2. The summed E-state index contributed by atoms with van der Waals surface area (Å²) in [7, 11) is -3.72. The van der Waals surface area contributed by atoms with Crippen LogP contribution in [-0.2, 0) is 28.0 Å². The van der Waals surface area contributed by atoms with Crippen molar-refractivity contribution >= 4 is 42.8 Å².